The highest BCUT2D eigenvalue weighted by Crippen LogP contribution is 2.35. The predicted octanol–water partition coefficient (Wildman–Crippen LogP) is 1.83. The van der Waals surface area contributed by atoms with E-state index in [1.807, 2.05) is 6.92 Å². The van der Waals surface area contributed by atoms with Gasteiger partial charge in [0.05, 0.1) is 31.3 Å². The molecule has 0 radical (unpaired) electrons. The number of hydrogen-bond donors (Lipinski definition) is 2. The predicted molar refractivity (Wildman–Crippen MR) is 76.3 cm³/mol. The van der Waals surface area contributed by atoms with Gasteiger partial charge in [-0.15, -0.1) is 0 Å². The number of unbranched alkanes of at least 4 members (excludes halogenated alkanes) is 1. The van der Waals surface area contributed by atoms with Crippen LogP contribution in [0.3, 0.4) is 0 Å². The molecule has 6 nitrogen and oxygen atoms in total. The second-order valence-electron chi connectivity index (χ2n) is 4.07. The van der Waals surface area contributed by atoms with Crippen LogP contribution in [0.4, 0.5) is 11.4 Å². The zero-order valence-corrected chi connectivity index (χ0v) is 12.2. The molecule has 0 heterocycles. The summed E-state index contributed by atoms with van der Waals surface area (Å²) < 4.78 is 36.4. The molecule has 3 N–H and O–H groups in total. The van der Waals surface area contributed by atoms with Crippen LogP contribution in [-0.2, 0) is 10.0 Å². The van der Waals surface area contributed by atoms with Crippen LogP contribution in [0.25, 0.3) is 0 Å². The van der Waals surface area contributed by atoms with Gasteiger partial charge in [-0.05, 0) is 6.42 Å². The van der Waals surface area contributed by atoms with Crippen molar-refractivity contribution in [1.82, 2.24) is 0 Å². The number of nitrogen functional groups attached to an aromatic ring is 1. The van der Waals surface area contributed by atoms with E-state index in [0.717, 1.165) is 6.42 Å². The average molecular weight is 288 g/mol. The maximum Gasteiger partial charge on any atom is 0.232 e. The summed E-state index contributed by atoms with van der Waals surface area (Å²) in [5.41, 5.74) is 6.45. The molecule has 0 fully saturated rings. The minimum Gasteiger partial charge on any atom is -0.495 e. The molecule has 0 aliphatic rings. The highest BCUT2D eigenvalue weighted by Gasteiger charge is 2.15. The van der Waals surface area contributed by atoms with Gasteiger partial charge in [0.25, 0.3) is 0 Å². The van der Waals surface area contributed by atoms with E-state index in [1.165, 1.54) is 26.4 Å². The first-order chi connectivity index (χ1) is 8.93. The van der Waals surface area contributed by atoms with E-state index in [1.54, 1.807) is 0 Å². The highest BCUT2D eigenvalue weighted by molar-refractivity contribution is 7.92. The van der Waals surface area contributed by atoms with Gasteiger partial charge in [0.1, 0.15) is 11.5 Å². The van der Waals surface area contributed by atoms with Gasteiger partial charge >= 0.3 is 0 Å². The van der Waals surface area contributed by atoms with E-state index in [2.05, 4.69) is 4.72 Å². The van der Waals surface area contributed by atoms with Gasteiger partial charge in [-0.2, -0.15) is 0 Å². The largest absolute Gasteiger partial charge is 0.495 e. The van der Waals surface area contributed by atoms with E-state index >= 15 is 0 Å². The first-order valence-corrected chi connectivity index (χ1v) is 7.60. The van der Waals surface area contributed by atoms with Gasteiger partial charge in [0.2, 0.25) is 10.0 Å². The molecular formula is C12H20N2O4S. The zero-order valence-electron chi connectivity index (χ0n) is 11.4. The molecule has 0 saturated carbocycles. The fraction of sp³-hybridized carbons (Fsp3) is 0.500. The van der Waals surface area contributed by atoms with Crippen LogP contribution in [-0.4, -0.2) is 28.4 Å². The third-order valence-corrected chi connectivity index (χ3v) is 3.94. The number of hydrogen-bond acceptors (Lipinski definition) is 5. The molecule has 0 saturated heterocycles. The van der Waals surface area contributed by atoms with Crippen LogP contribution in [0.1, 0.15) is 19.8 Å². The Morgan fingerprint density at radius 2 is 1.84 bits per heavy atom. The summed E-state index contributed by atoms with van der Waals surface area (Å²) in [6, 6.07) is 3.04. The Morgan fingerprint density at radius 1 is 1.21 bits per heavy atom. The quantitative estimate of drug-likeness (QED) is 0.747. The molecule has 1 aromatic carbocycles. The number of ether oxygens (including phenoxy) is 2. The van der Waals surface area contributed by atoms with Gasteiger partial charge in [-0.1, -0.05) is 13.3 Å². The molecule has 1 aromatic rings. The summed E-state index contributed by atoms with van der Waals surface area (Å²) in [6.07, 6.45) is 1.41. The molecule has 7 heteroatoms. The minimum absolute atomic E-state index is 0.0688. The average Bonchev–Trinajstić information content (AvgIpc) is 2.37. The maximum atomic E-state index is 11.9. The van der Waals surface area contributed by atoms with Crippen molar-refractivity contribution in [2.75, 3.05) is 30.4 Å². The third-order valence-electron chi connectivity index (χ3n) is 2.58. The molecule has 0 unspecified atom stereocenters. The summed E-state index contributed by atoms with van der Waals surface area (Å²) in [5.74, 6) is 0.826. The van der Waals surface area contributed by atoms with Crippen molar-refractivity contribution in [1.29, 1.82) is 0 Å². The summed E-state index contributed by atoms with van der Waals surface area (Å²) >= 11 is 0. The molecule has 0 aliphatic heterocycles. The molecule has 0 aliphatic carbocycles. The van der Waals surface area contributed by atoms with Gasteiger partial charge < -0.3 is 15.2 Å². The van der Waals surface area contributed by atoms with Gasteiger partial charge in [0, 0.05) is 12.1 Å². The van der Waals surface area contributed by atoms with Crippen LogP contribution in [0.15, 0.2) is 12.1 Å². The van der Waals surface area contributed by atoms with Crippen molar-refractivity contribution in [3.05, 3.63) is 12.1 Å². The van der Waals surface area contributed by atoms with Crippen LogP contribution in [0, 0.1) is 0 Å². The maximum absolute atomic E-state index is 11.9. The Morgan fingerprint density at radius 3 is 2.37 bits per heavy atom. The fourth-order valence-corrected chi connectivity index (χ4v) is 2.82. The monoisotopic (exact) mass is 288 g/mol. The Kier molecular flexibility index (Phi) is 5.29. The molecule has 108 valence electrons. The number of sulfonamides is 1. The van der Waals surface area contributed by atoms with Gasteiger partial charge in [-0.25, -0.2) is 8.42 Å². The number of anilines is 2. The van der Waals surface area contributed by atoms with E-state index in [4.69, 9.17) is 15.2 Å². The second-order valence-corrected chi connectivity index (χ2v) is 5.91. The van der Waals surface area contributed by atoms with Crippen LogP contribution < -0.4 is 19.9 Å². The number of nitrogens with one attached hydrogen (secondary N) is 1. The van der Waals surface area contributed by atoms with Gasteiger partial charge in [0.15, 0.2) is 0 Å². The number of benzene rings is 1. The molecule has 1 rings (SSSR count). The molecule has 0 aromatic heterocycles. The Balaban J connectivity index is 3.05. The van der Waals surface area contributed by atoms with E-state index < -0.39 is 10.0 Å². The molecule has 0 spiro atoms. The minimum atomic E-state index is -3.39. The molecule has 19 heavy (non-hydrogen) atoms. The van der Waals surface area contributed by atoms with Crippen molar-refractivity contribution >= 4 is 21.4 Å². The van der Waals surface area contributed by atoms with Crippen molar-refractivity contribution < 1.29 is 17.9 Å². The van der Waals surface area contributed by atoms with Crippen LogP contribution in [0.5, 0.6) is 11.5 Å². The van der Waals surface area contributed by atoms with E-state index in [-0.39, 0.29) is 5.75 Å². The molecular weight excluding hydrogens is 268 g/mol. The SMILES string of the molecule is CCCCS(=O)(=O)Nc1cc(OC)c(N)cc1OC. The molecule has 0 amide bonds. The van der Waals surface area contributed by atoms with Crippen molar-refractivity contribution in [2.24, 2.45) is 0 Å². The topological polar surface area (TPSA) is 90.7 Å². The summed E-state index contributed by atoms with van der Waals surface area (Å²) in [7, 11) is -0.478. The van der Waals surface area contributed by atoms with Crippen LogP contribution in [0.2, 0.25) is 0 Å². The standard InChI is InChI=1S/C12H20N2O4S/c1-4-5-6-19(15,16)14-10-8-11(17-2)9(13)7-12(10)18-3/h7-8,14H,4-6,13H2,1-3H3. The molecule has 0 atom stereocenters. The Labute approximate surface area is 113 Å². The lowest BCUT2D eigenvalue weighted by molar-refractivity contribution is 0.406. The number of methoxy groups -OCH3 is 2. The summed E-state index contributed by atoms with van der Waals surface area (Å²) in [5, 5.41) is 0. The van der Waals surface area contributed by atoms with E-state index in [0.29, 0.717) is 29.3 Å². The highest BCUT2D eigenvalue weighted by atomic mass is 32.2. The fourth-order valence-electron chi connectivity index (χ4n) is 1.55. The smallest absolute Gasteiger partial charge is 0.232 e. The number of rotatable bonds is 7. The van der Waals surface area contributed by atoms with Gasteiger partial charge in [-0.3, -0.25) is 4.72 Å². The first-order valence-electron chi connectivity index (χ1n) is 5.95. The zero-order chi connectivity index (χ0) is 14.5. The van der Waals surface area contributed by atoms with Crippen LogP contribution >= 0.6 is 0 Å². The Bertz CT molecular complexity index is 529. The Hall–Kier alpha value is -1.63. The first kappa shape index (κ1) is 15.4. The lowest BCUT2D eigenvalue weighted by Crippen LogP contribution is -2.17. The van der Waals surface area contributed by atoms with Crippen molar-refractivity contribution in [2.45, 2.75) is 19.8 Å². The normalized spacial score (nSPS) is 11.1. The molecule has 0 bridgehead atoms. The lowest BCUT2D eigenvalue weighted by Gasteiger charge is -2.14. The summed E-state index contributed by atoms with van der Waals surface area (Å²) in [6.45, 7) is 1.93. The number of nitrogens with two attached hydrogens (primary N) is 1. The van der Waals surface area contributed by atoms with Crippen molar-refractivity contribution in [3.63, 3.8) is 0 Å². The van der Waals surface area contributed by atoms with E-state index in [9.17, 15) is 8.42 Å². The second kappa shape index (κ2) is 6.51. The lowest BCUT2D eigenvalue weighted by atomic mass is 10.2. The third kappa shape index (κ3) is 4.20. The summed E-state index contributed by atoms with van der Waals surface area (Å²) in [4.78, 5) is 0. The van der Waals surface area contributed by atoms with Crippen molar-refractivity contribution in [3.8, 4) is 11.5 Å².